The largest absolute Gasteiger partial charge is 0.508 e. The van der Waals surface area contributed by atoms with Crippen LogP contribution in [0.1, 0.15) is 18.1 Å². The molecule has 20 nitrogen and oxygen atoms in total. The molecule has 0 radical (unpaired) electrons. The standard InChI is InChI=1S/C33H42O20/c1-10-21(39)24(42)27(45)31(48-10)47-9-20-23(41)26(44)30(53-32-28(46)25(43)22(40)19(8-34)51-32)33(52-20)50-18-7-13-15(37)5-12(35)6-17(13)49-29(18)11-2-3-14(36)16(38)4-11/h2-6,10,19-28,30-46H,7-9H2,1H3/t10-,19+,20+,21-,22+,23+,24+,25-,26-,27+,28+,30+,31+,32-,33+/m0/s1. The van der Waals surface area contributed by atoms with Gasteiger partial charge in [0.1, 0.15) is 84.0 Å². The number of hydrogen-bond acceptors (Lipinski definition) is 20. The van der Waals surface area contributed by atoms with Gasteiger partial charge in [0.05, 0.1) is 19.3 Å². The summed E-state index contributed by atoms with van der Waals surface area (Å²) in [5.41, 5.74) is 0.204. The molecule has 4 heterocycles. The molecule has 0 unspecified atom stereocenters. The van der Waals surface area contributed by atoms with Crippen LogP contribution < -0.4 is 4.74 Å². The van der Waals surface area contributed by atoms with E-state index < -0.39 is 123 Å². The first-order chi connectivity index (χ1) is 25.1. The second kappa shape index (κ2) is 15.6. The maximum atomic E-state index is 11.4. The Labute approximate surface area is 300 Å². The van der Waals surface area contributed by atoms with Crippen molar-refractivity contribution >= 4 is 5.76 Å². The highest BCUT2D eigenvalue weighted by molar-refractivity contribution is 5.71. The molecule has 2 aromatic rings. The van der Waals surface area contributed by atoms with E-state index in [1.54, 1.807) is 0 Å². The molecule has 0 spiro atoms. The van der Waals surface area contributed by atoms with Crippen molar-refractivity contribution in [1.29, 1.82) is 0 Å². The van der Waals surface area contributed by atoms with Crippen LogP contribution in [0, 0.1) is 0 Å². The number of phenols is 4. The minimum Gasteiger partial charge on any atom is -0.508 e. The van der Waals surface area contributed by atoms with Gasteiger partial charge in [-0.05, 0) is 25.1 Å². The van der Waals surface area contributed by atoms with E-state index in [9.17, 15) is 66.4 Å². The number of hydrogen-bond donors (Lipinski definition) is 13. The maximum absolute atomic E-state index is 11.4. The lowest BCUT2D eigenvalue weighted by molar-refractivity contribution is -0.368. The first-order valence-corrected chi connectivity index (χ1v) is 16.5. The lowest BCUT2D eigenvalue weighted by atomic mass is 9.97. The van der Waals surface area contributed by atoms with Crippen molar-refractivity contribution in [3.63, 3.8) is 0 Å². The smallest absolute Gasteiger partial charge is 0.229 e. The Morgan fingerprint density at radius 2 is 1.32 bits per heavy atom. The van der Waals surface area contributed by atoms with Gasteiger partial charge in [0.15, 0.2) is 35.9 Å². The highest BCUT2D eigenvalue weighted by Gasteiger charge is 2.52. The van der Waals surface area contributed by atoms with Crippen molar-refractivity contribution < 1.29 is 99.5 Å². The third-order valence-corrected chi connectivity index (χ3v) is 9.49. The molecule has 13 N–H and O–H groups in total. The number of benzene rings is 2. The topological polar surface area (TPSA) is 328 Å². The zero-order valence-electron chi connectivity index (χ0n) is 27.8. The Kier molecular flexibility index (Phi) is 11.5. The number of allylic oxidation sites excluding steroid dienone is 1. The molecular weight excluding hydrogens is 716 g/mol. The van der Waals surface area contributed by atoms with Crippen molar-refractivity contribution in [2.24, 2.45) is 0 Å². The van der Waals surface area contributed by atoms with Crippen molar-refractivity contribution in [3.8, 4) is 28.7 Å². The van der Waals surface area contributed by atoms with E-state index >= 15 is 0 Å². The third kappa shape index (κ3) is 7.70. The lowest BCUT2D eigenvalue weighted by Gasteiger charge is -2.46. The molecule has 0 bridgehead atoms. The van der Waals surface area contributed by atoms with Crippen LogP contribution in [0.2, 0.25) is 0 Å². The third-order valence-electron chi connectivity index (χ3n) is 9.49. The van der Waals surface area contributed by atoms with Crippen LogP contribution in [0.3, 0.4) is 0 Å². The molecular formula is C33H42O20. The van der Waals surface area contributed by atoms with Gasteiger partial charge in [0.25, 0.3) is 0 Å². The van der Waals surface area contributed by atoms with E-state index in [1.807, 2.05) is 0 Å². The van der Waals surface area contributed by atoms with Gasteiger partial charge in [-0.15, -0.1) is 0 Å². The second-order valence-corrected chi connectivity index (χ2v) is 13.1. The molecule has 20 heteroatoms. The molecule has 3 saturated heterocycles. The lowest BCUT2D eigenvalue weighted by Crippen LogP contribution is -2.65. The Morgan fingerprint density at radius 3 is 2.02 bits per heavy atom. The number of aromatic hydroxyl groups is 4. The van der Waals surface area contributed by atoms with Crippen molar-refractivity contribution in [2.75, 3.05) is 13.2 Å². The van der Waals surface area contributed by atoms with Crippen LogP contribution in [-0.2, 0) is 34.8 Å². The van der Waals surface area contributed by atoms with Crippen LogP contribution in [0.25, 0.3) is 5.76 Å². The van der Waals surface area contributed by atoms with Crippen LogP contribution in [0.5, 0.6) is 28.7 Å². The Balaban J connectivity index is 1.35. The Morgan fingerprint density at radius 1 is 0.660 bits per heavy atom. The highest BCUT2D eigenvalue weighted by Crippen LogP contribution is 2.44. The fourth-order valence-electron chi connectivity index (χ4n) is 6.37. The predicted octanol–water partition coefficient (Wildman–Crippen LogP) is -3.69. The molecule has 0 aliphatic carbocycles. The van der Waals surface area contributed by atoms with Gasteiger partial charge in [-0.1, -0.05) is 0 Å². The van der Waals surface area contributed by atoms with E-state index in [0.29, 0.717) is 0 Å². The summed E-state index contributed by atoms with van der Waals surface area (Å²) in [7, 11) is 0. The number of rotatable bonds is 9. The average molecular weight is 759 g/mol. The van der Waals surface area contributed by atoms with E-state index in [2.05, 4.69) is 0 Å². The number of fused-ring (bicyclic) bond motifs is 1. The van der Waals surface area contributed by atoms with Gasteiger partial charge in [0.2, 0.25) is 6.29 Å². The molecule has 3 fully saturated rings. The van der Waals surface area contributed by atoms with E-state index in [4.69, 9.17) is 33.2 Å². The summed E-state index contributed by atoms with van der Waals surface area (Å²) in [5, 5.41) is 135. The van der Waals surface area contributed by atoms with E-state index in [-0.39, 0.29) is 40.6 Å². The minimum absolute atomic E-state index is 0.0228. The summed E-state index contributed by atoms with van der Waals surface area (Å²) < 4.78 is 40.5. The predicted molar refractivity (Wildman–Crippen MR) is 170 cm³/mol. The van der Waals surface area contributed by atoms with Gasteiger partial charge in [-0.2, -0.15) is 0 Å². The summed E-state index contributed by atoms with van der Waals surface area (Å²) >= 11 is 0. The summed E-state index contributed by atoms with van der Waals surface area (Å²) in [4.78, 5) is 0. The normalized spacial score (nSPS) is 38.9. The van der Waals surface area contributed by atoms with Crippen molar-refractivity contribution in [1.82, 2.24) is 0 Å². The van der Waals surface area contributed by atoms with Gasteiger partial charge >= 0.3 is 0 Å². The second-order valence-electron chi connectivity index (χ2n) is 13.1. The fraction of sp³-hybridized carbons (Fsp3) is 0.576. The molecule has 6 rings (SSSR count). The van der Waals surface area contributed by atoms with Crippen LogP contribution in [-0.4, -0.2) is 172 Å². The average Bonchev–Trinajstić information content (AvgIpc) is 3.12. The highest BCUT2D eigenvalue weighted by atomic mass is 16.8. The molecule has 4 aliphatic rings. The van der Waals surface area contributed by atoms with E-state index in [1.165, 1.54) is 19.1 Å². The quantitative estimate of drug-likeness (QED) is 0.109. The first-order valence-electron chi connectivity index (χ1n) is 16.5. The van der Waals surface area contributed by atoms with Crippen molar-refractivity contribution in [3.05, 3.63) is 47.2 Å². The number of aliphatic hydroxyl groups is 9. The molecule has 15 atom stereocenters. The monoisotopic (exact) mass is 758 g/mol. The van der Waals surface area contributed by atoms with E-state index in [0.717, 1.165) is 18.2 Å². The number of ether oxygens (including phenoxy) is 7. The minimum atomic E-state index is -1.98. The summed E-state index contributed by atoms with van der Waals surface area (Å²) in [5.74, 6) is -2.15. The SMILES string of the molecule is C[C@@H]1O[C@@H](OC[C@H]2O[C@@H](OC3=C(c4ccc(O)c(O)c4)Oc4cc(O)cc(O)c4C3)[C@H](O[C@@H]3O[C@H](CO)[C@@H](O)[C@H](O)[C@H]3O)[C@@H](O)[C@@H]2O)[C@H](O)[C@H](O)[C@H]1O. The zero-order valence-corrected chi connectivity index (χ0v) is 27.8. The molecule has 0 amide bonds. The van der Waals surface area contributed by atoms with Crippen LogP contribution in [0.4, 0.5) is 0 Å². The van der Waals surface area contributed by atoms with Gasteiger partial charge in [0, 0.05) is 29.7 Å². The molecule has 294 valence electrons. The molecule has 4 aliphatic heterocycles. The fourth-order valence-corrected chi connectivity index (χ4v) is 6.37. The summed E-state index contributed by atoms with van der Waals surface area (Å²) in [6.45, 7) is -0.0416. The molecule has 0 aromatic heterocycles. The summed E-state index contributed by atoms with van der Waals surface area (Å²) in [6, 6.07) is 5.82. The molecule has 2 aromatic carbocycles. The Hall–Kier alpha value is -3.58. The molecule has 0 saturated carbocycles. The number of aliphatic hydroxyl groups excluding tert-OH is 9. The van der Waals surface area contributed by atoms with Crippen LogP contribution >= 0.6 is 0 Å². The summed E-state index contributed by atoms with van der Waals surface area (Å²) in [6.07, 6.45) is -25.6. The van der Waals surface area contributed by atoms with Gasteiger partial charge < -0.3 is 99.5 Å². The maximum Gasteiger partial charge on any atom is 0.229 e. The zero-order chi connectivity index (χ0) is 38.5. The van der Waals surface area contributed by atoms with Gasteiger partial charge in [-0.25, -0.2) is 0 Å². The first kappa shape index (κ1) is 39.1. The Bertz CT molecular complexity index is 1640. The van der Waals surface area contributed by atoms with Crippen molar-refractivity contribution in [2.45, 2.75) is 105 Å². The number of phenolic OH excluding ortho intramolecular Hbond substituents is 4. The van der Waals surface area contributed by atoms with Gasteiger partial charge in [-0.3, -0.25) is 0 Å². The molecule has 53 heavy (non-hydrogen) atoms. The van der Waals surface area contributed by atoms with Crippen LogP contribution in [0.15, 0.2) is 36.1 Å².